The zero-order valence-corrected chi connectivity index (χ0v) is 17.5. The van der Waals surface area contributed by atoms with E-state index in [1.54, 1.807) is 7.11 Å². The molecular formula is C24H29NO3. The van der Waals surface area contributed by atoms with Crippen molar-refractivity contribution in [3.63, 3.8) is 0 Å². The molecule has 1 fully saturated rings. The summed E-state index contributed by atoms with van der Waals surface area (Å²) < 4.78 is 5.63. The van der Waals surface area contributed by atoms with Crippen molar-refractivity contribution in [2.75, 3.05) is 7.11 Å². The lowest BCUT2D eigenvalue weighted by Gasteiger charge is -2.44. The minimum atomic E-state index is -0.353. The maximum absolute atomic E-state index is 13.3. The van der Waals surface area contributed by atoms with Gasteiger partial charge in [-0.25, -0.2) is 0 Å². The van der Waals surface area contributed by atoms with E-state index in [0.29, 0.717) is 12.8 Å². The van der Waals surface area contributed by atoms with E-state index >= 15 is 0 Å². The summed E-state index contributed by atoms with van der Waals surface area (Å²) in [5.74, 6) is 0.410. The smallest absolute Gasteiger partial charge is 0.161 e. The Labute approximate surface area is 167 Å². The van der Waals surface area contributed by atoms with Crippen LogP contribution in [0.3, 0.4) is 0 Å². The van der Waals surface area contributed by atoms with Crippen LogP contribution >= 0.6 is 0 Å². The van der Waals surface area contributed by atoms with Crippen LogP contribution in [0.25, 0.3) is 0 Å². The summed E-state index contributed by atoms with van der Waals surface area (Å²) in [4.78, 5) is 31.5. The van der Waals surface area contributed by atoms with E-state index in [9.17, 15) is 9.59 Å². The SMILES string of the molecule is COc1ccccc1[C@@H]1C2=C(CC(C)(C)CC2=O)N=C2CC(C)(C)CC(=O)C21. The quantitative estimate of drug-likeness (QED) is 0.736. The highest BCUT2D eigenvalue weighted by molar-refractivity contribution is 6.13. The third-order valence-corrected chi connectivity index (χ3v) is 6.31. The molecule has 148 valence electrons. The highest BCUT2D eigenvalue weighted by atomic mass is 16.5. The van der Waals surface area contributed by atoms with Gasteiger partial charge in [0.2, 0.25) is 0 Å². The van der Waals surface area contributed by atoms with Gasteiger partial charge in [-0.2, -0.15) is 0 Å². The number of benzene rings is 1. The molecule has 2 atom stereocenters. The molecule has 0 N–H and O–H groups in total. The lowest BCUT2D eigenvalue weighted by atomic mass is 9.60. The maximum Gasteiger partial charge on any atom is 0.161 e. The second-order valence-electron chi connectivity index (χ2n) is 10.1. The van der Waals surface area contributed by atoms with Crippen molar-refractivity contribution in [2.45, 2.75) is 59.3 Å². The van der Waals surface area contributed by atoms with Crippen molar-refractivity contribution in [1.29, 1.82) is 0 Å². The van der Waals surface area contributed by atoms with E-state index in [1.807, 2.05) is 24.3 Å². The molecule has 0 spiro atoms. The molecule has 0 amide bonds. The minimum absolute atomic E-state index is 0.0933. The fourth-order valence-electron chi connectivity index (χ4n) is 5.27. The van der Waals surface area contributed by atoms with Gasteiger partial charge >= 0.3 is 0 Å². The van der Waals surface area contributed by atoms with Crippen molar-refractivity contribution in [3.8, 4) is 5.75 Å². The first-order chi connectivity index (χ1) is 13.1. The molecule has 1 aromatic carbocycles. The van der Waals surface area contributed by atoms with Gasteiger partial charge in [0, 0.05) is 41.3 Å². The summed E-state index contributed by atoms with van der Waals surface area (Å²) in [6, 6.07) is 7.79. The fraction of sp³-hybridized carbons (Fsp3) is 0.542. The number of carbonyl (C=O) groups is 2. The molecule has 28 heavy (non-hydrogen) atoms. The number of allylic oxidation sites excluding steroid dienone is 2. The molecule has 0 saturated heterocycles. The predicted octanol–water partition coefficient (Wildman–Crippen LogP) is 4.88. The predicted molar refractivity (Wildman–Crippen MR) is 110 cm³/mol. The lowest BCUT2D eigenvalue weighted by molar-refractivity contribution is -0.124. The first-order valence-corrected chi connectivity index (χ1v) is 10.1. The van der Waals surface area contributed by atoms with E-state index in [1.165, 1.54) is 0 Å². The Morgan fingerprint density at radius 1 is 0.929 bits per heavy atom. The molecule has 1 aliphatic heterocycles. The number of hydrogen-bond donors (Lipinski definition) is 0. The Bertz CT molecular complexity index is 920. The van der Waals surface area contributed by atoms with Gasteiger partial charge < -0.3 is 4.74 Å². The number of ether oxygens (including phenoxy) is 1. The van der Waals surface area contributed by atoms with Crippen LogP contribution in [0.4, 0.5) is 0 Å². The Hall–Kier alpha value is -2.23. The van der Waals surface area contributed by atoms with Gasteiger partial charge in [-0.3, -0.25) is 14.6 Å². The average Bonchev–Trinajstić information content (AvgIpc) is 2.57. The third kappa shape index (κ3) is 3.13. The zero-order chi connectivity index (χ0) is 20.3. The third-order valence-electron chi connectivity index (χ3n) is 6.31. The number of aliphatic imine (C=N–C) groups is 1. The standard InChI is InChI=1S/C24H29NO3/c1-23(2)10-15-21(17(26)12-23)20(14-8-6-7-9-19(14)28-5)22-16(25-15)11-24(3,4)13-18(22)27/h6-9,20-21H,10-13H2,1-5H3/t20-,21?/m0/s1. The normalized spacial score (nSPS) is 28.4. The monoisotopic (exact) mass is 379 g/mol. The summed E-state index contributed by atoms with van der Waals surface area (Å²) in [6.45, 7) is 8.49. The number of rotatable bonds is 2. The van der Waals surface area contributed by atoms with Crippen LogP contribution in [0.5, 0.6) is 5.75 Å². The van der Waals surface area contributed by atoms with Crippen LogP contribution in [0.15, 0.2) is 40.5 Å². The summed E-state index contributed by atoms with van der Waals surface area (Å²) in [5.41, 5.74) is 3.30. The molecule has 0 aromatic heterocycles. The zero-order valence-electron chi connectivity index (χ0n) is 17.5. The van der Waals surface area contributed by atoms with Gasteiger partial charge in [0.1, 0.15) is 11.5 Å². The van der Waals surface area contributed by atoms with Crippen LogP contribution in [0.1, 0.15) is 64.9 Å². The van der Waals surface area contributed by atoms with E-state index in [4.69, 9.17) is 9.73 Å². The second-order valence-corrected chi connectivity index (χ2v) is 10.1. The first kappa shape index (κ1) is 19.1. The van der Waals surface area contributed by atoms with E-state index in [0.717, 1.165) is 41.1 Å². The number of carbonyl (C=O) groups excluding carboxylic acids is 2. The fourth-order valence-corrected chi connectivity index (χ4v) is 5.27. The number of ketones is 2. The van der Waals surface area contributed by atoms with Crippen LogP contribution in [0, 0.1) is 16.7 Å². The number of para-hydroxylation sites is 1. The van der Waals surface area contributed by atoms with E-state index < -0.39 is 0 Å². The molecule has 4 rings (SSSR count). The number of fused-ring (bicyclic) bond motifs is 1. The van der Waals surface area contributed by atoms with Gasteiger partial charge in [0.05, 0.1) is 13.0 Å². The van der Waals surface area contributed by atoms with Crippen molar-refractivity contribution < 1.29 is 14.3 Å². The molecule has 4 nitrogen and oxygen atoms in total. The Morgan fingerprint density at radius 2 is 1.61 bits per heavy atom. The van der Waals surface area contributed by atoms with Crippen LogP contribution < -0.4 is 4.74 Å². The first-order valence-electron chi connectivity index (χ1n) is 10.1. The van der Waals surface area contributed by atoms with Crippen LogP contribution in [-0.4, -0.2) is 24.4 Å². The largest absolute Gasteiger partial charge is 0.496 e. The van der Waals surface area contributed by atoms with Gasteiger partial charge in [0.25, 0.3) is 0 Å². The maximum atomic E-state index is 13.3. The Balaban J connectivity index is 1.94. The van der Waals surface area contributed by atoms with Crippen molar-refractivity contribution in [1.82, 2.24) is 0 Å². The molecule has 2 aliphatic carbocycles. The Kier molecular flexibility index (Phi) is 4.36. The summed E-state index contributed by atoms with van der Waals surface area (Å²) in [6.07, 6.45) is 2.57. The van der Waals surface area contributed by atoms with Crippen molar-refractivity contribution in [2.24, 2.45) is 21.7 Å². The van der Waals surface area contributed by atoms with Crippen LogP contribution in [-0.2, 0) is 9.59 Å². The molecule has 1 aromatic rings. The molecule has 4 heteroatoms. The van der Waals surface area contributed by atoms with Gasteiger partial charge in [-0.1, -0.05) is 45.9 Å². The second kappa shape index (κ2) is 6.40. The summed E-state index contributed by atoms with van der Waals surface area (Å²) in [5, 5.41) is 0. The van der Waals surface area contributed by atoms with Gasteiger partial charge in [-0.05, 0) is 29.7 Å². The molecule has 0 bridgehead atoms. The molecule has 3 aliphatic rings. The summed E-state index contributed by atoms with van der Waals surface area (Å²) >= 11 is 0. The van der Waals surface area contributed by atoms with E-state index in [2.05, 4.69) is 27.7 Å². The van der Waals surface area contributed by atoms with Crippen LogP contribution in [0.2, 0.25) is 0 Å². The molecule has 0 radical (unpaired) electrons. The van der Waals surface area contributed by atoms with Crippen molar-refractivity contribution in [3.05, 3.63) is 41.1 Å². The number of hydrogen-bond acceptors (Lipinski definition) is 4. The minimum Gasteiger partial charge on any atom is -0.496 e. The number of Topliss-reactive ketones (excluding diaryl/α,β-unsaturated/α-hetero) is 2. The topological polar surface area (TPSA) is 55.7 Å². The summed E-state index contributed by atoms with van der Waals surface area (Å²) in [7, 11) is 1.64. The van der Waals surface area contributed by atoms with Gasteiger partial charge in [0.15, 0.2) is 5.78 Å². The average molecular weight is 380 g/mol. The molecular weight excluding hydrogens is 350 g/mol. The lowest BCUT2D eigenvalue weighted by Crippen LogP contribution is -2.45. The van der Waals surface area contributed by atoms with E-state index in [-0.39, 0.29) is 34.2 Å². The molecule has 1 unspecified atom stereocenters. The molecule has 1 saturated carbocycles. The molecule has 1 heterocycles. The number of methoxy groups -OCH3 is 1. The highest BCUT2D eigenvalue weighted by Crippen LogP contribution is 2.52. The van der Waals surface area contributed by atoms with Gasteiger partial charge in [-0.15, -0.1) is 0 Å². The van der Waals surface area contributed by atoms with Crippen molar-refractivity contribution >= 4 is 17.3 Å². The Morgan fingerprint density at radius 3 is 2.32 bits per heavy atom. The highest BCUT2D eigenvalue weighted by Gasteiger charge is 2.50. The number of nitrogens with zero attached hydrogens (tertiary/aromatic N) is 1.